The molecule has 1 unspecified atom stereocenters. The molecule has 0 saturated carbocycles. The number of imidazole rings is 1. The third-order valence-corrected chi connectivity index (χ3v) is 4.41. The summed E-state index contributed by atoms with van der Waals surface area (Å²) in [5.74, 6) is 1.43. The van der Waals surface area contributed by atoms with Crippen LogP contribution in [-0.2, 0) is 6.54 Å². The first-order valence-electron chi connectivity index (χ1n) is 9.04. The van der Waals surface area contributed by atoms with Gasteiger partial charge in [0, 0.05) is 11.6 Å². The Labute approximate surface area is 166 Å². The van der Waals surface area contributed by atoms with E-state index in [2.05, 4.69) is 15.0 Å². The smallest absolute Gasteiger partial charge is 0.213 e. The highest BCUT2D eigenvalue weighted by molar-refractivity contribution is 5.77. The molecule has 4 N–H and O–H groups in total. The second-order valence-corrected chi connectivity index (χ2v) is 6.76. The van der Waals surface area contributed by atoms with Crippen LogP contribution in [0.5, 0.6) is 5.88 Å². The van der Waals surface area contributed by atoms with E-state index < -0.39 is 5.82 Å². The number of nitrogen functional groups attached to an aromatic ring is 2. The van der Waals surface area contributed by atoms with Gasteiger partial charge in [0.1, 0.15) is 34.9 Å². The molecule has 0 radical (unpaired) electrons. The Balaban J connectivity index is 1.65. The Morgan fingerprint density at radius 1 is 1.07 bits per heavy atom. The second kappa shape index (κ2) is 7.34. The molecule has 4 heterocycles. The highest BCUT2D eigenvalue weighted by atomic mass is 19.1. The molecule has 0 aliphatic heterocycles. The maximum Gasteiger partial charge on any atom is 0.213 e. The first-order chi connectivity index (χ1) is 13.9. The molecule has 4 aromatic heterocycles. The topological polar surface area (TPSA) is 118 Å². The van der Waals surface area contributed by atoms with Gasteiger partial charge in [-0.1, -0.05) is 0 Å². The maximum atomic E-state index is 13.0. The number of halogens is 1. The number of aromatic nitrogens is 5. The van der Waals surface area contributed by atoms with Crippen LogP contribution < -0.4 is 16.2 Å². The number of rotatable bonds is 5. The fraction of sp³-hybridized carbons (Fsp3) is 0.200. The molecule has 9 heteroatoms. The van der Waals surface area contributed by atoms with Crippen molar-refractivity contribution in [2.45, 2.75) is 26.5 Å². The molecule has 8 nitrogen and oxygen atoms in total. The zero-order valence-electron chi connectivity index (χ0n) is 16.0. The normalized spacial score (nSPS) is 12.2. The SMILES string of the molecule is Cc1nc2ccc(-c3cc(N)nc(N)c3)nc2n1CC(C)Oc1ccc(F)cn1. The summed E-state index contributed by atoms with van der Waals surface area (Å²) >= 11 is 0. The molecule has 0 saturated heterocycles. The van der Waals surface area contributed by atoms with E-state index in [9.17, 15) is 4.39 Å². The van der Waals surface area contributed by atoms with Crippen molar-refractivity contribution >= 4 is 22.8 Å². The van der Waals surface area contributed by atoms with E-state index in [4.69, 9.17) is 21.2 Å². The zero-order chi connectivity index (χ0) is 20.5. The second-order valence-electron chi connectivity index (χ2n) is 6.76. The lowest BCUT2D eigenvalue weighted by Crippen LogP contribution is -2.21. The lowest BCUT2D eigenvalue weighted by Gasteiger charge is -2.16. The summed E-state index contributed by atoms with van der Waals surface area (Å²) in [6, 6.07) is 10.0. The standard InChI is InChI=1S/C20H20FN7O/c1-11(29-19-6-3-14(21)9-24-19)10-28-12(2)25-16-5-4-15(26-20(16)28)13-7-17(22)27-18(23)8-13/h3-9,11H,10H2,1-2H3,(H4,22,23,27). The van der Waals surface area contributed by atoms with Gasteiger partial charge >= 0.3 is 0 Å². The Kier molecular flexibility index (Phi) is 4.71. The zero-order valence-corrected chi connectivity index (χ0v) is 16.0. The van der Waals surface area contributed by atoms with Crippen LogP contribution in [0.4, 0.5) is 16.0 Å². The number of pyridine rings is 3. The molecule has 148 valence electrons. The van der Waals surface area contributed by atoms with E-state index in [1.54, 1.807) is 12.1 Å². The summed E-state index contributed by atoms with van der Waals surface area (Å²) < 4.78 is 20.8. The molecule has 0 spiro atoms. The molecule has 0 fully saturated rings. The van der Waals surface area contributed by atoms with Gasteiger partial charge in [-0.15, -0.1) is 0 Å². The van der Waals surface area contributed by atoms with Crippen LogP contribution >= 0.6 is 0 Å². The number of anilines is 2. The van der Waals surface area contributed by atoms with E-state index >= 15 is 0 Å². The molecule has 29 heavy (non-hydrogen) atoms. The van der Waals surface area contributed by atoms with Gasteiger partial charge in [-0.2, -0.15) is 0 Å². The number of nitrogens with two attached hydrogens (primary N) is 2. The van der Waals surface area contributed by atoms with Gasteiger partial charge in [0.15, 0.2) is 5.65 Å². The highest BCUT2D eigenvalue weighted by Crippen LogP contribution is 2.24. The van der Waals surface area contributed by atoms with E-state index in [1.165, 1.54) is 12.1 Å². The fourth-order valence-corrected chi connectivity index (χ4v) is 3.15. The molecule has 0 aromatic carbocycles. The Morgan fingerprint density at radius 2 is 1.83 bits per heavy atom. The average Bonchev–Trinajstić information content (AvgIpc) is 2.97. The maximum absolute atomic E-state index is 13.0. The molecule has 0 bridgehead atoms. The number of nitrogens with zero attached hydrogens (tertiary/aromatic N) is 5. The van der Waals surface area contributed by atoms with Crippen molar-refractivity contribution in [2.75, 3.05) is 11.5 Å². The monoisotopic (exact) mass is 393 g/mol. The van der Waals surface area contributed by atoms with E-state index in [-0.39, 0.29) is 6.10 Å². The van der Waals surface area contributed by atoms with E-state index in [0.29, 0.717) is 29.8 Å². The summed E-state index contributed by atoms with van der Waals surface area (Å²) in [4.78, 5) is 17.3. The lowest BCUT2D eigenvalue weighted by molar-refractivity contribution is 0.191. The highest BCUT2D eigenvalue weighted by Gasteiger charge is 2.15. The minimum absolute atomic E-state index is 0.235. The van der Waals surface area contributed by atoms with Gasteiger partial charge in [0.25, 0.3) is 0 Å². The van der Waals surface area contributed by atoms with Crippen molar-refractivity contribution in [2.24, 2.45) is 0 Å². The molecule has 4 aromatic rings. The Hall–Kier alpha value is -3.75. The molecule has 1 atom stereocenters. The van der Waals surface area contributed by atoms with Crippen LogP contribution in [0.3, 0.4) is 0 Å². The Morgan fingerprint density at radius 3 is 2.52 bits per heavy atom. The van der Waals surface area contributed by atoms with Gasteiger partial charge < -0.3 is 20.8 Å². The summed E-state index contributed by atoms with van der Waals surface area (Å²) in [7, 11) is 0. The number of ether oxygens (including phenoxy) is 1. The minimum Gasteiger partial charge on any atom is -0.473 e. The van der Waals surface area contributed by atoms with Crippen molar-refractivity contribution in [1.82, 2.24) is 24.5 Å². The number of fused-ring (bicyclic) bond motifs is 1. The van der Waals surface area contributed by atoms with Crippen LogP contribution in [-0.4, -0.2) is 30.6 Å². The van der Waals surface area contributed by atoms with Gasteiger partial charge in [-0.3, -0.25) is 0 Å². The third-order valence-electron chi connectivity index (χ3n) is 4.41. The molecular formula is C20H20FN7O. The summed E-state index contributed by atoms with van der Waals surface area (Å²) in [5, 5.41) is 0. The average molecular weight is 393 g/mol. The largest absolute Gasteiger partial charge is 0.473 e. The predicted octanol–water partition coefficient (Wildman–Crippen LogP) is 2.97. The lowest BCUT2D eigenvalue weighted by atomic mass is 10.1. The Bertz CT molecular complexity index is 1150. The predicted molar refractivity (Wildman–Crippen MR) is 109 cm³/mol. The summed E-state index contributed by atoms with van der Waals surface area (Å²) in [5.41, 5.74) is 14.6. The van der Waals surface area contributed by atoms with Gasteiger partial charge in [-0.05, 0) is 44.2 Å². The molecule has 0 amide bonds. The number of aryl methyl sites for hydroxylation is 1. The fourth-order valence-electron chi connectivity index (χ4n) is 3.15. The third kappa shape index (κ3) is 3.93. The van der Waals surface area contributed by atoms with Gasteiger partial charge in [0.2, 0.25) is 5.88 Å². The van der Waals surface area contributed by atoms with Crippen molar-refractivity contribution in [1.29, 1.82) is 0 Å². The van der Waals surface area contributed by atoms with E-state index in [1.807, 2.05) is 30.5 Å². The van der Waals surface area contributed by atoms with Crippen LogP contribution in [0.1, 0.15) is 12.7 Å². The van der Waals surface area contributed by atoms with Crippen LogP contribution in [0.15, 0.2) is 42.6 Å². The first-order valence-corrected chi connectivity index (χ1v) is 9.04. The molecule has 4 rings (SSSR count). The first kappa shape index (κ1) is 18.6. The summed E-state index contributed by atoms with van der Waals surface area (Å²) in [6.07, 6.45) is 0.890. The molecule has 0 aliphatic rings. The quantitative estimate of drug-likeness (QED) is 0.535. The van der Waals surface area contributed by atoms with Crippen molar-refractivity contribution in [3.63, 3.8) is 0 Å². The van der Waals surface area contributed by atoms with Crippen molar-refractivity contribution < 1.29 is 9.13 Å². The summed E-state index contributed by atoms with van der Waals surface area (Å²) in [6.45, 7) is 4.32. The minimum atomic E-state index is -0.407. The van der Waals surface area contributed by atoms with Crippen molar-refractivity contribution in [3.05, 3.63) is 54.2 Å². The number of hydrogen-bond acceptors (Lipinski definition) is 7. The van der Waals surface area contributed by atoms with Gasteiger partial charge in [-0.25, -0.2) is 24.3 Å². The van der Waals surface area contributed by atoms with E-state index in [0.717, 1.165) is 28.7 Å². The number of hydrogen-bond donors (Lipinski definition) is 2. The van der Waals surface area contributed by atoms with Crippen LogP contribution in [0.2, 0.25) is 0 Å². The molecular weight excluding hydrogens is 373 g/mol. The van der Waals surface area contributed by atoms with Crippen LogP contribution in [0.25, 0.3) is 22.4 Å². The van der Waals surface area contributed by atoms with Gasteiger partial charge in [0.05, 0.1) is 18.4 Å². The van der Waals surface area contributed by atoms with Crippen molar-refractivity contribution in [3.8, 4) is 17.1 Å². The van der Waals surface area contributed by atoms with Crippen LogP contribution in [0, 0.1) is 12.7 Å². The molecule has 0 aliphatic carbocycles.